The fourth-order valence-electron chi connectivity index (χ4n) is 2.52. The van der Waals surface area contributed by atoms with Crippen molar-refractivity contribution in [2.24, 2.45) is 5.92 Å². The number of carbonyl (C=O) groups excluding carboxylic acids is 1. The molecule has 1 aliphatic rings. The number of aromatic nitrogens is 1. The van der Waals surface area contributed by atoms with Gasteiger partial charge in [-0.2, -0.15) is 11.8 Å². The van der Waals surface area contributed by atoms with Gasteiger partial charge in [-0.1, -0.05) is 0 Å². The summed E-state index contributed by atoms with van der Waals surface area (Å²) >= 11 is 1.93. The number of carbonyl (C=O) groups is 1. The number of rotatable bonds is 4. The predicted molar refractivity (Wildman–Crippen MR) is 90.9 cm³/mol. The van der Waals surface area contributed by atoms with Gasteiger partial charge < -0.3 is 9.64 Å². The molecule has 22 heavy (non-hydrogen) atoms. The van der Waals surface area contributed by atoms with Gasteiger partial charge in [0.1, 0.15) is 5.60 Å². The quantitative estimate of drug-likeness (QED) is 0.841. The average Bonchev–Trinajstić information content (AvgIpc) is 2.47. The lowest BCUT2D eigenvalue weighted by Crippen LogP contribution is -2.43. The molecule has 0 spiro atoms. The molecule has 0 aliphatic carbocycles. The van der Waals surface area contributed by atoms with Crippen molar-refractivity contribution in [3.63, 3.8) is 0 Å². The number of amides is 1. The fraction of sp³-hybridized carbons (Fsp3) is 0.647. The third-order valence-corrected chi connectivity index (χ3v) is 4.79. The van der Waals surface area contributed by atoms with E-state index in [9.17, 15) is 4.79 Å². The molecule has 5 heteroatoms. The smallest absolute Gasteiger partial charge is 0.410 e. The van der Waals surface area contributed by atoms with Crippen molar-refractivity contribution in [1.29, 1.82) is 0 Å². The maximum atomic E-state index is 12.1. The van der Waals surface area contributed by atoms with Crippen LogP contribution in [-0.4, -0.2) is 40.4 Å². The summed E-state index contributed by atoms with van der Waals surface area (Å²) in [5.41, 5.74) is 0.889. The topological polar surface area (TPSA) is 42.4 Å². The minimum absolute atomic E-state index is 0.170. The molecule has 0 aromatic carbocycles. The van der Waals surface area contributed by atoms with Crippen molar-refractivity contribution in [2.45, 2.75) is 45.0 Å². The zero-order valence-electron chi connectivity index (χ0n) is 13.7. The first kappa shape index (κ1) is 17.1. The van der Waals surface area contributed by atoms with E-state index in [-0.39, 0.29) is 6.09 Å². The van der Waals surface area contributed by atoms with E-state index in [0.717, 1.165) is 31.0 Å². The van der Waals surface area contributed by atoms with Crippen molar-refractivity contribution in [3.05, 3.63) is 30.1 Å². The highest BCUT2D eigenvalue weighted by Crippen LogP contribution is 2.24. The molecule has 2 rings (SSSR count). The molecule has 1 unspecified atom stereocenters. The number of hydrogen-bond acceptors (Lipinski definition) is 4. The van der Waals surface area contributed by atoms with Gasteiger partial charge in [0.2, 0.25) is 0 Å². The number of ether oxygens (including phenoxy) is 1. The zero-order valence-corrected chi connectivity index (χ0v) is 14.6. The highest BCUT2D eigenvalue weighted by molar-refractivity contribution is 7.98. The van der Waals surface area contributed by atoms with Gasteiger partial charge in [-0.3, -0.25) is 4.98 Å². The van der Waals surface area contributed by atoms with E-state index in [1.807, 2.05) is 49.8 Å². The largest absolute Gasteiger partial charge is 0.444 e. The van der Waals surface area contributed by atoms with Crippen LogP contribution in [0.5, 0.6) is 0 Å². The summed E-state index contributed by atoms with van der Waals surface area (Å²) in [5.74, 6) is 2.65. The molecule has 0 N–H and O–H groups in total. The molecule has 0 saturated carbocycles. The number of piperidine rings is 1. The van der Waals surface area contributed by atoms with Crippen LogP contribution in [0.1, 0.15) is 39.2 Å². The molecule has 1 amide bonds. The Balaban J connectivity index is 1.75. The van der Waals surface area contributed by atoms with E-state index < -0.39 is 5.60 Å². The van der Waals surface area contributed by atoms with Crippen molar-refractivity contribution in [1.82, 2.24) is 9.88 Å². The average molecular weight is 322 g/mol. The van der Waals surface area contributed by atoms with E-state index >= 15 is 0 Å². The van der Waals surface area contributed by atoms with Crippen molar-refractivity contribution >= 4 is 17.9 Å². The van der Waals surface area contributed by atoms with Gasteiger partial charge in [0.25, 0.3) is 0 Å². The van der Waals surface area contributed by atoms with Gasteiger partial charge in [0.15, 0.2) is 0 Å². The highest BCUT2D eigenvalue weighted by Gasteiger charge is 2.27. The molecular weight excluding hydrogens is 296 g/mol. The minimum Gasteiger partial charge on any atom is -0.444 e. The first-order valence-corrected chi connectivity index (χ1v) is 9.04. The van der Waals surface area contributed by atoms with Gasteiger partial charge in [-0.05, 0) is 63.0 Å². The molecule has 122 valence electrons. The molecule has 1 saturated heterocycles. The summed E-state index contributed by atoms with van der Waals surface area (Å²) in [7, 11) is 0. The normalized spacial score (nSPS) is 19.0. The maximum Gasteiger partial charge on any atom is 0.410 e. The third kappa shape index (κ3) is 5.87. The van der Waals surface area contributed by atoms with E-state index in [1.165, 1.54) is 12.0 Å². The Bertz CT molecular complexity index is 473. The Kier molecular flexibility index (Phi) is 6.12. The molecule has 0 bridgehead atoms. The molecule has 4 nitrogen and oxygen atoms in total. The molecular formula is C17H26N2O2S. The van der Waals surface area contributed by atoms with Crippen molar-refractivity contribution < 1.29 is 9.53 Å². The summed E-state index contributed by atoms with van der Waals surface area (Å²) in [4.78, 5) is 18.0. The fourth-order valence-corrected chi connectivity index (χ4v) is 3.67. The summed E-state index contributed by atoms with van der Waals surface area (Å²) in [5, 5.41) is 0. The number of hydrogen-bond donors (Lipinski definition) is 0. The molecule has 0 radical (unpaired) electrons. The number of nitrogens with zero attached hydrogens (tertiary/aromatic N) is 2. The first-order chi connectivity index (χ1) is 10.4. The standard InChI is InChI=1S/C17H26N2O2S/c1-17(2,3)21-16(20)19-10-4-5-15(11-19)13-22-12-14-6-8-18-9-7-14/h6-9,15H,4-5,10-13H2,1-3H3. The Morgan fingerprint density at radius 3 is 2.82 bits per heavy atom. The zero-order chi connectivity index (χ0) is 16.0. The molecule has 2 heterocycles. The number of pyridine rings is 1. The molecule has 1 atom stereocenters. The lowest BCUT2D eigenvalue weighted by atomic mass is 10.0. The van der Waals surface area contributed by atoms with E-state index in [4.69, 9.17) is 4.74 Å². The van der Waals surface area contributed by atoms with E-state index in [0.29, 0.717) is 5.92 Å². The van der Waals surface area contributed by atoms with Gasteiger partial charge in [0, 0.05) is 31.2 Å². The van der Waals surface area contributed by atoms with Crippen LogP contribution in [0.15, 0.2) is 24.5 Å². The SMILES string of the molecule is CC(C)(C)OC(=O)N1CCCC(CSCc2ccncc2)C1. The molecule has 1 aromatic rings. The lowest BCUT2D eigenvalue weighted by molar-refractivity contribution is 0.0177. The van der Waals surface area contributed by atoms with Gasteiger partial charge in [-0.25, -0.2) is 4.79 Å². The van der Waals surface area contributed by atoms with Crippen LogP contribution in [0.3, 0.4) is 0 Å². The van der Waals surface area contributed by atoms with Crippen LogP contribution in [0.25, 0.3) is 0 Å². The van der Waals surface area contributed by atoms with Crippen LogP contribution in [-0.2, 0) is 10.5 Å². The lowest BCUT2D eigenvalue weighted by Gasteiger charge is -2.34. The Labute approximate surface area is 137 Å². The molecule has 1 fully saturated rings. The number of likely N-dealkylation sites (tertiary alicyclic amines) is 1. The molecule has 1 aromatic heterocycles. The van der Waals surface area contributed by atoms with Crippen molar-refractivity contribution in [2.75, 3.05) is 18.8 Å². The Morgan fingerprint density at radius 2 is 2.14 bits per heavy atom. The third-order valence-electron chi connectivity index (χ3n) is 3.54. The van der Waals surface area contributed by atoms with Crippen LogP contribution >= 0.6 is 11.8 Å². The van der Waals surface area contributed by atoms with E-state index in [1.54, 1.807) is 0 Å². The first-order valence-electron chi connectivity index (χ1n) is 7.88. The summed E-state index contributed by atoms with van der Waals surface area (Å²) < 4.78 is 5.47. The van der Waals surface area contributed by atoms with Crippen LogP contribution in [0.4, 0.5) is 4.79 Å². The highest BCUT2D eigenvalue weighted by atomic mass is 32.2. The second kappa shape index (κ2) is 7.86. The maximum absolute atomic E-state index is 12.1. The minimum atomic E-state index is -0.417. The second-order valence-electron chi connectivity index (χ2n) is 6.81. The monoisotopic (exact) mass is 322 g/mol. The van der Waals surface area contributed by atoms with Crippen molar-refractivity contribution in [3.8, 4) is 0 Å². The van der Waals surface area contributed by atoms with E-state index in [2.05, 4.69) is 17.1 Å². The number of thioether (sulfide) groups is 1. The Hall–Kier alpha value is -1.23. The second-order valence-corrected chi connectivity index (χ2v) is 7.84. The van der Waals surface area contributed by atoms with Crippen LogP contribution in [0, 0.1) is 5.92 Å². The Morgan fingerprint density at radius 1 is 1.41 bits per heavy atom. The van der Waals surface area contributed by atoms with Gasteiger partial charge in [-0.15, -0.1) is 0 Å². The van der Waals surface area contributed by atoms with Crippen LogP contribution in [0.2, 0.25) is 0 Å². The van der Waals surface area contributed by atoms with Gasteiger partial charge >= 0.3 is 6.09 Å². The van der Waals surface area contributed by atoms with Gasteiger partial charge in [0.05, 0.1) is 0 Å². The predicted octanol–water partition coefficient (Wildman–Crippen LogP) is 3.96. The summed E-state index contributed by atoms with van der Waals surface area (Å²) in [6, 6.07) is 4.11. The summed E-state index contributed by atoms with van der Waals surface area (Å²) in [6.07, 6.45) is 5.76. The summed E-state index contributed by atoms with van der Waals surface area (Å²) in [6.45, 7) is 7.38. The molecule has 1 aliphatic heterocycles. The van der Waals surface area contributed by atoms with Crippen LogP contribution < -0.4 is 0 Å².